The monoisotopic (exact) mass is 333 g/mol. The van der Waals surface area contributed by atoms with Gasteiger partial charge in [-0.25, -0.2) is 19.3 Å². The van der Waals surface area contributed by atoms with Crippen LogP contribution in [0.4, 0.5) is 4.39 Å². The quantitative estimate of drug-likeness (QED) is 0.625. The molecule has 0 radical (unpaired) electrons. The topological polar surface area (TPSA) is 38.7 Å². The van der Waals surface area contributed by atoms with Crippen LogP contribution in [0.3, 0.4) is 0 Å². The lowest BCUT2D eigenvalue weighted by molar-refractivity contribution is 0.628. The maximum atomic E-state index is 13.8. The van der Waals surface area contributed by atoms with Gasteiger partial charge in [-0.05, 0) is 56.9 Å². The summed E-state index contributed by atoms with van der Waals surface area (Å²) in [5.74, 6) is 0.386. The van der Waals surface area contributed by atoms with E-state index in [1.807, 2.05) is 31.2 Å². The van der Waals surface area contributed by atoms with Crippen LogP contribution in [-0.4, -0.2) is 15.0 Å². The summed E-state index contributed by atoms with van der Waals surface area (Å²) in [5.41, 5.74) is 5.62. The first-order valence-corrected chi connectivity index (χ1v) is 8.80. The van der Waals surface area contributed by atoms with E-state index in [4.69, 9.17) is 9.97 Å². The molecule has 0 spiro atoms. The van der Waals surface area contributed by atoms with Crippen LogP contribution >= 0.6 is 0 Å². The van der Waals surface area contributed by atoms with Crippen LogP contribution in [0.15, 0.2) is 42.5 Å². The molecule has 2 aromatic heterocycles. The molecule has 0 saturated carbocycles. The maximum absolute atomic E-state index is 13.8. The molecular weight excluding hydrogens is 313 g/mol. The first kappa shape index (κ1) is 15.9. The average Bonchev–Trinajstić information content (AvgIpc) is 2.86. The molecule has 3 aromatic rings. The summed E-state index contributed by atoms with van der Waals surface area (Å²) >= 11 is 0. The van der Waals surface area contributed by atoms with Gasteiger partial charge in [0.25, 0.3) is 0 Å². The summed E-state index contributed by atoms with van der Waals surface area (Å²) in [6.45, 7) is 1.96. The van der Waals surface area contributed by atoms with Crippen LogP contribution < -0.4 is 0 Å². The Morgan fingerprint density at radius 3 is 2.56 bits per heavy atom. The Kier molecular flexibility index (Phi) is 4.26. The van der Waals surface area contributed by atoms with Gasteiger partial charge in [0, 0.05) is 22.5 Å². The van der Waals surface area contributed by atoms with E-state index in [-0.39, 0.29) is 5.82 Å². The molecule has 1 aliphatic rings. The molecule has 1 aromatic carbocycles. The highest BCUT2D eigenvalue weighted by atomic mass is 19.1. The maximum Gasteiger partial charge on any atom is 0.178 e. The van der Waals surface area contributed by atoms with Crippen LogP contribution in [0.5, 0.6) is 0 Å². The van der Waals surface area contributed by atoms with Crippen LogP contribution in [0.2, 0.25) is 0 Å². The molecule has 0 N–H and O–H groups in total. The Morgan fingerprint density at radius 1 is 0.880 bits per heavy atom. The number of pyridine rings is 1. The number of fused-ring (bicyclic) bond motifs is 1. The number of nitrogens with zero attached hydrogens (tertiary/aromatic N) is 3. The minimum absolute atomic E-state index is 0.242. The van der Waals surface area contributed by atoms with Gasteiger partial charge in [-0.15, -0.1) is 0 Å². The zero-order valence-electron chi connectivity index (χ0n) is 14.3. The van der Waals surface area contributed by atoms with Crippen LogP contribution in [0.25, 0.3) is 22.8 Å². The molecule has 0 saturated heterocycles. The normalized spacial score (nSPS) is 14.0. The molecule has 2 heterocycles. The first-order valence-electron chi connectivity index (χ1n) is 8.80. The Hall–Kier alpha value is -2.62. The van der Waals surface area contributed by atoms with Gasteiger partial charge in [-0.2, -0.15) is 0 Å². The summed E-state index contributed by atoms with van der Waals surface area (Å²) < 4.78 is 13.8. The van der Waals surface area contributed by atoms with Crippen LogP contribution in [-0.2, 0) is 12.8 Å². The number of hydrogen-bond acceptors (Lipinski definition) is 3. The van der Waals surface area contributed by atoms with Gasteiger partial charge in [-0.3, -0.25) is 0 Å². The molecule has 1 aliphatic carbocycles. The van der Waals surface area contributed by atoms with Gasteiger partial charge < -0.3 is 0 Å². The van der Waals surface area contributed by atoms with Crippen molar-refractivity contribution in [2.24, 2.45) is 0 Å². The van der Waals surface area contributed by atoms with Crippen molar-refractivity contribution in [2.45, 2.75) is 39.0 Å². The molecule has 0 aliphatic heterocycles. The number of halogens is 1. The van der Waals surface area contributed by atoms with E-state index in [1.165, 1.54) is 18.1 Å². The zero-order chi connectivity index (χ0) is 17.2. The summed E-state index contributed by atoms with van der Waals surface area (Å²) in [7, 11) is 0. The van der Waals surface area contributed by atoms with Crippen molar-refractivity contribution in [3.05, 3.63) is 65.2 Å². The highest BCUT2D eigenvalue weighted by Crippen LogP contribution is 2.31. The summed E-state index contributed by atoms with van der Waals surface area (Å²) in [5, 5.41) is 0. The summed E-state index contributed by atoms with van der Waals surface area (Å²) in [6.07, 6.45) is 5.34. The van der Waals surface area contributed by atoms with Crippen LogP contribution in [0.1, 0.15) is 36.2 Å². The van der Waals surface area contributed by atoms with E-state index in [9.17, 15) is 4.39 Å². The molecule has 126 valence electrons. The van der Waals surface area contributed by atoms with E-state index >= 15 is 0 Å². The number of aryl methyl sites for hydroxylation is 2. The van der Waals surface area contributed by atoms with Gasteiger partial charge in [0.1, 0.15) is 11.5 Å². The van der Waals surface area contributed by atoms with E-state index < -0.39 is 0 Å². The van der Waals surface area contributed by atoms with Crippen molar-refractivity contribution in [1.82, 2.24) is 15.0 Å². The molecular formula is C21H20FN3. The van der Waals surface area contributed by atoms with E-state index in [0.29, 0.717) is 5.82 Å². The predicted molar refractivity (Wildman–Crippen MR) is 96.7 cm³/mol. The Balaban J connectivity index is 1.93. The average molecular weight is 333 g/mol. The zero-order valence-corrected chi connectivity index (χ0v) is 14.3. The number of hydrogen-bond donors (Lipinski definition) is 0. The van der Waals surface area contributed by atoms with Crippen molar-refractivity contribution in [1.29, 1.82) is 0 Å². The third-order valence-electron chi connectivity index (χ3n) is 4.65. The number of rotatable bonds is 2. The smallest absolute Gasteiger partial charge is 0.178 e. The van der Waals surface area contributed by atoms with Crippen molar-refractivity contribution in [3.8, 4) is 22.8 Å². The van der Waals surface area contributed by atoms with Crippen molar-refractivity contribution < 1.29 is 4.39 Å². The lowest BCUT2D eigenvalue weighted by atomic mass is 10.0. The second-order valence-corrected chi connectivity index (χ2v) is 6.56. The fourth-order valence-electron chi connectivity index (χ4n) is 3.43. The molecule has 4 heteroatoms. The molecule has 0 atom stereocenters. The van der Waals surface area contributed by atoms with E-state index in [2.05, 4.69) is 4.98 Å². The molecule has 4 rings (SSSR count). The number of aromatic nitrogens is 3. The summed E-state index contributed by atoms with van der Waals surface area (Å²) in [4.78, 5) is 14.2. The minimum Gasteiger partial charge on any atom is -0.250 e. The lowest BCUT2D eigenvalue weighted by Gasteiger charge is -2.14. The van der Waals surface area contributed by atoms with Crippen molar-refractivity contribution in [3.63, 3.8) is 0 Å². The fraction of sp³-hybridized carbons (Fsp3) is 0.286. The number of benzene rings is 1. The second-order valence-electron chi connectivity index (χ2n) is 6.56. The highest BCUT2D eigenvalue weighted by molar-refractivity contribution is 5.67. The van der Waals surface area contributed by atoms with Gasteiger partial charge >= 0.3 is 0 Å². The molecule has 0 bridgehead atoms. The third-order valence-corrected chi connectivity index (χ3v) is 4.65. The van der Waals surface area contributed by atoms with Gasteiger partial charge in [0.15, 0.2) is 5.82 Å². The van der Waals surface area contributed by atoms with Gasteiger partial charge in [0.2, 0.25) is 0 Å². The molecule has 0 unspecified atom stereocenters. The van der Waals surface area contributed by atoms with E-state index in [1.54, 1.807) is 12.1 Å². The summed E-state index contributed by atoms with van der Waals surface area (Å²) in [6, 6.07) is 12.5. The second kappa shape index (κ2) is 6.71. The largest absolute Gasteiger partial charge is 0.250 e. The Morgan fingerprint density at radius 2 is 1.72 bits per heavy atom. The SMILES string of the molecule is Cc1cccc(-c2nc3c(c(-c4cccc(F)c4)n2)CCCCC3)n1. The Bertz CT molecular complexity index is 921. The van der Waals surface area contributed by atoms with Crippen molar-refractivity contribution >= 4 is 0 Å². The van der Waals surface area contributed by atoms with Gasteiger partial charge in [-0.1, -0.05) is 24.6 Å². The lowest BCUT2D eigenvalue weighted by Crippen LogP contribution is -2.05. The molecule has 0 fully saturated rings. The molecule has 3 nitrogen and oxygen atoms in total. The minimum atomic E-state index is -0.242. The van der Waals surface area contributed by atoms with Crippen LogP contribution in [0, 0.1) is 12.7 Å². The highest BCUT2D eigenvalue weighted by Gasteiger charge is 2.19. The third kappa shape index (κ3) is 3.29. The van der Waals surface area contributed by atoms with Crippen molar-refractivity contribution in [2.75, 3.05) is 0 Å². The predicted octanol–water partition coefficient (Wildman–Crippen LogP) is 4.92. The standard InChI is InChI=1S/C21H20FN3/c1-14-7-5-12-19(23-14)21-24-18-11-4-2-3-10-17(18)20(25-21)15-8-6-9-16(22)13-15/h5-9,12-13H,2-4,10-11H2,1H3. The molecule has 0 amide bonds. The van der Waals surface area contributed by atoms with Gasteiger partial charge in [0.05, 0.1) is 5.69 Å². The first-order chi connectivity index (χ1) is 12.2. The Labute approximate surface area is 147 Å². The fourth-order valence-corrected chi connectivity index (χ4v) is 3.43. The molecule has 25 heavy (non-hydrogen) atoms. The van der Waals surface area contributed by atoms with E-state index in [0.717, 1.165) is 54.0 Å².